The molecule has 0 bridgehead atoms. The van der Waals surface area contributed by atoms with Crippen molar-refractivity contribution in [3.05, 3.63) is 39.7 Å². The van der Waals surface area contributed by atoms with Gasteiger partial charge in [0.2, 0.25) is 0 Å². The van der Waals surface area contributed by atoms with Crippen molar-refractivity contribution in [3.63, 3.8) is 0 Å². The van der Waals surface area contributed by atoms with E-state index in [-0.39, 0.29) is 5.69 Å². The molecule has 0 N–H and O–H groups in total. The summed E-state index contributed by atoms with van der Waals surface area (Å²) in [5.41, 5.74) is 3.50. The predicted octanol–water partition coefficient (Wildman–Crippen LogP) is 2.42. The molecule has 0 saturated heterocycles. The molecule has 0 atom stereocenters. The van der Waals surface area contributed by atoms with Gasteiger partial charge in [-0.15, -0.1) is 0 Å². The first-order chi connectivity index (χ1) is 8.24. The zero-order chi connectivity index (χ0) is 11.8. The molecule has 86 valence electrons. The van der Waals surface area contributed by atoms with Crippen molar-refractivity contribution >= 4 is 16.7 Å². The zero-order valence-electron chi connectivity index (χ0n) is 9.22. The van der Waals surface area contributed by atoms with Gasteiger partial charge in [-0.3, -0.25) is 10.1 Å². The highest BCUT2D eigenvalue weighted by Gasteiger charge is 2.15. The molecule has 0 aliphatic heterocycles. The Bertz CT molecular complexity index is 610. The third kappa shape index (κ3) is 1.73. The van der Waals surface area contributed by atoms with Crippen LogP contribution in [0.4, 0.5) is 5.69 Å². The maximum Gasteiger partial charge on any atom is 0.271 e. The highest BCUT2D eigenvalue weighted by Crippen LogP contribution is 2.23. The fourth-order valence-corrected chi connectivity index (χ4v) is 2.21. The summed E-state index contributed by atoms with van der Waals surface area (Å²) in [4.78, 5) is 19.3. The molecule has 0 spiro atoms. The molecule has 1 aliphatic carbocycles. The van der Waals surface area contributed by atoms with Crippen molar-refractivity contribution < 1.29 is 4.92 Å². The van der Waals surface area contributed by atoms with Gasteiger partial charge in [-0.05, 0) is 31.7 Å². The van der Waals surface area contributed by atoms with Gasteiger partial charge >= 0.3 is 0 Å². The third-order valence-corrected chi connectivity index (χ3v) is 3.09. The number of fused-ring (bicyclic) bond motifs is 2. The second-order valence-corrected chi connectivity index (χ2v) is 4.25. The summed E-state index contributed by atoms with van der Waals surface area (Å²) in [6, 6.07) is 4.65. The SMILES string of the molecule is O=[N+]([O-])c1ccc2nc3c(nc2c1)CCCC3. The van der Waals surface area contributed by atoms with Gasteiger partial charge in [-0.2, -0.15) is 0 Å². The van der Waals surface area contributed by atoms with Crippen LogP contribution < -0.4 is 0 Å². The number of nitro groups is 1. The Morgan fingerprint density at radius 3 is 2.35 bits per heavy atom. The van der Waals surface area contributed by atoms with Crippen molar-refractivity contribution in [2.45, 2.75) is 25.7 Å². The van der Waals surface area contributed by atoms with E-state index in [1.165, 1.54) is 12.1 Å². The smallest absolute Gasteiger partial charge is 0.258 e. The Labute approximate surface area is 97.7 Å². The minimum absolute atomic E-state index is 0.0718. The zero-order valence-corrected chi connectivity index (χ0v) is 9.22. The molecule has 0 unspecified atom stereocenters. The van der Waals surface area contributed by atoms with Crippen molar-refractivity contribution in [2.75, 3.05) is 0 Å². The fraction of sp³-hybridized carbons (Fsp3) is 0.333. The highest BCUT2D eigenvalue weighted by atomic mass is 16.6. The molecule has 1 aromatic carbocycles. The van der Waals surface area contributed by atoms with Crippen molar-refractivity contribution in [1.29, 1.82) is 0 Å². The lowest BCUT2D eigenvalue weighted by Gasteiger charge is -2.13. The average molecular weight is 229 g/mol. The molecule has 3 rings (SSSR count). The second-order valence-electron chi connectivity index (χ2n) is 4.25. The molecule has 0 saturated carbocycles. The van der Waals surface area contributed by atoms with E-state index in [0.717, 1.165) is 42.6 Å². The minimum Gasteiger partial charge on any atom is -0.258 e. The van der Waals surface area contributed by atoms with E-state index in [0.29, 0.717) is 5.52 Å². The Hall–Kier alpha value is -2.04. The lowest BCUT2D eigenvalue weighted by Crippen LogP contribution is -2.08. The Morgan fingerprint density at radius 1 is 1.06 bits per heavy atom. The van der Waals surface area contributed by atoms with E-state index in [2.05, 4.69) is 9.97 Å². The number of aromatic nitrogens is 2. The number of benzene rings is 1. The molecule has 5 nitrogen and oxygen atoms in total. The van der Waals surface area contributed by atoms with Gasteiger partial charge in [0, 0.05) is 12.1 Å². The van der Waals surface area contributed by atoms with Crippen LogP contribution in [0.15, 0.2) is 18.2 Å². The highest BCUT2D eigenvalue weighted by molar-refractivity contribution is 5.77. The normalized spacial score (nSPS) is 14.6. The summed E-state index contributed by atoms with van der Waals surface area (Å²) in [6.45, 7) is 0. The van der Waals surface area contributed by atoms with E-state index >= 15 is 0 Å². The number of hydrogen-bond acceptors (Lipinski definition) is 4. The van der Waals surface area contributed by atoms with Gasteiger partial charge in [0.15, 0.2) is 0 Å². The van der Waals surface area contributed by atoms with Crippen LogP contribution in [0.3, 0.4) is 0 Å². The van der Waals surface area contributed by atoms with Crippen molar-refractivity contribution in [3.8, 4) is 0 Å². The van der Waals surface area contributed by atoms with Crippen LogP contribution in [0, 0.1) is 10.1 Å². The van der Waals surface area contributed by atoms with Crippen LogP contribution in [0.2, 0.25) is 0 Å². The van der Waals surface area contributed by atoms with E-state index in [1.807, 2.05) is 0 Å². The Balaban J connectivity index is 2.20. The number of nitrogens with zero attached hydrogens (tertiary/aromatic N) is 3. The largest absolute Gasteiger partial charge is 0.271 e. The third-order valence-electron chi connectivity index (χ3n) is 3.09. The van der Waals surface area contributed by atoms with Crippen molar-refractivity contribution in [1.82, 2.24) is 9.97 Å². The summed E-state index contributed by atoms with van der Waals surface area (Å²) in [7, 11) is 0. The molecule has 1 heterocycles. The van der Waals surface area contributed by atoms with E-state index < -0.39 is 4.92 Å². The molecular weight excluding hydrogens is 218 g/mol. The summed E-state index contributed by atoms with van der Waals surface area (Å²) in [5, 5.41) is 10.7. The van der Waals surface area contributed by atoms with Gasteiger partial charge in [0.05, 0.1) is 27.3 Å². The number of aryl methyl sites for hydroxylation is 2. The van der Waals surface area contributed by atoms with Crippen molar-refractivity contribution in [2.24, 2.45) is 0 Å². The topological polar surface area (TPSA) is 68.9 Å². The van der Waals surface area contributed by atoms with Crippen LogP contribution in [0.5, 0.6) is 0 Å². The number of non-ortho nitro benzene ring substituents is 1. The van der Waals surface area contributed by atoms with Gasteiger partial charge < -0.3 is 0 Å². The molecule has 1 aliphatic rings. The number of rotatable bonds is 1. The van der Waals surface area contributed by atoms with Crippen LogP contribution in [0.25, 0.3) is 11.0 Å². The maximum absolute atomic E-state index is 10.7. The fourth-order valence-electron chi connectivity index (χ4n) is 2.21. The summed E-state index contributed by atoms with van der Waals surface area (Å²) in [5.74, 6) is 0. The van der Waals surface area contributed by atoms with Gasteiger partial charge in [0.1, 0.15) is 0 Å². The van der Waals surface area contributed by atoms with Gasteiger partial charge in [-0.1, -0.05) is 0 Å². The van der Waals surface area contributed by atoms with Gasteiger partial charge in [-0.25, -0.2) is 9.97 Å². The predicted molar refractivity (Wildman–Crippen MR) is 62.8 cm³/mol. The molecular formula is C12H11N3O2. The standard InChI is InChI=1S/C12H11N3O2/c16-15(17)8-5-6-11-12(7-8)14-10-4-2-1-3-9(10)13-11/h5-7H,1-4H2. The monoisotopic (exact) mass is 229 g/mol. The molecule has 1 aromatic heterocycles. The Kier molecular flexibility index (Phi) is 2.24. The molecule has 0 fully saturated rings. The minimum atomic E-state index is -0.402. The molecule has 0 radical (unpaired) electrons. The number of nitro benzene ring substituents is 1. The quantitative estimate of drug-likeness (QED) is 0.556. The average Bonchev–Trinajstić information content (AvgIpc) is 2.35. The summed E-state index contributed by atoms with van der Waals surface area (Å²) in [6.07, 6.45) is 4.18. The summed E-state index contributed by atoms with van der Waals surface area (Å²) < 4.78 is 0. The summed E-state index contributed by atoms with van der Waals surface area (Å²) >= 11 is 0. The second kappa shape index (κ2) is 3.76. The maximum atomic E-state index is 10.7. The van der Waals surface area contributed by atoms with Gasteiger partial charge in [0.25, 0.3) is 5.69 Å². The first kappa shape index (κ1) is 10.1. The van der Waals surface area contributed by atoms with E-state index in [9.17, 15) is 10.1 Å². The molecule has 0 amide bonds. The molecule has 2 aromatic rings. The van der Waals surface area contributed by atoms with Crippen LogP contribution in [0.1, 0.15) is 24.2 Å². The first-order valence-electron chi connectivity index (χ1n) is 5.68. The number of hydrogen-bond donors (Lipinski definition) is 0. The lowest BCUT2D eigenvalue weighted by molar-refractivity contribution is -0.384. The van der Waals surface area contributed by atoms with E-state index in [1.54, 1.807) is 6.07 Å². The molecule has 17 heavy (non-hydrogen) atoms. The lowest BCUT2D eigenvalue weighted by atomic mass is 10.0. The first-order valence-corrected chi connectivity index (χ1v) is 5.68. The van der Waals surface area contributed by atoms with Crippen LogP contribution >= 0.6 is 0 Å². The Morgan fingerprint density at radius 2 is 1.71 bits per heavy atom. The van der Waals surface area contributed by atoms with Crippen LogP contribution in [-0.2, 0) is 12.8 Å². The molecule has 5 heteroatoms. The van der Waals surface area contributed by atoms with Crippen LogP contribution in [-0.4, -0.2) is 14.9 Å². The van der Waals surface area contributed by atoms with E-state index in [4.69, 9.17) is 0 Å².